The lowest BCUT2D eigenvalue weighted by Crippen LogP contribution is -2.35. The molecule has 0 aromatic heterocycles. The van der Waals surface area contributed by atoms with Gasteiger partial charge in [-0.2, -0.15) is 0 Å². The molecule has 5 nitrogen and oxygen atoms in total. The van der Waals surface area contributed by atoms with Gasteiger partial charge >= 0.3 is 0 Å². The van der Waals surface area contributed by atoms with Crippen molar-refractivity contribution in [3.63, 3.8) is 0 Å². The van der Waals surface area contributed by atoms with Crippen molar-refractivity contribution in [1.29, 1.82) is 0 Å². The first-order valence-corrected chi connectivity index (χ1v) is 8.26. The van der Waals surface area contributed by atoms with Crippen LogP contribution >= 0.6 is 23.2 Å². The van der Waals surface area contributed by atoms with Gasteiger partial charge in [0, 0.05) is 17.1 Å². The molecule has 1 N–H and O–H groups in total. The van der Waals surface area contributed by atoms with Crippen LogP contribution < -0.4 is 10.1 Å². The second kappa shape index (κ2) is 8.74. The highest BCUT2D eigenvalue weighted by Gasteiger charge is 2.15. The molecule has 0 unspecified atom stereocenters. The number of nitrogens with one attached hydrogen (secondary N) is 1. The Hall–Kier alpha value is -2.24. The lowest BCUT2D eigenvalue weighted by atomic mass is 10.1. The minimum absolute atomic E-state index is 0.0813. The maximum atomic E-state index is 12.2. The van der Waals surface area contributed by atoms with Crippen LogP contribution in [0, 0.1) is 0 Å². The highest BCUT2D eigenvalue weighted by atomic mass is 35.5. The highest BCUT2D eigenvalue weighted by Crippen LogP contribution is 2.27. The average molecular weight is 381 g/mol. The Morgan fingerprint density at radius 2 is 1.72 bits per heavy atom. The largest absolute Gasteiger partial charge is 0.495 e. The number of likely N-dealkylation sites (N-methyl/N-ethyl adjacent to an activating group) is 1. The monoisotopic (exact) mass is 380 g/mol. The minimum Gasteiger partial charge on any atom is -0.495 e. The summed E-state index contributed by atoms with van der Waals surface area (Å²) in [5.41, 5.74) is 1.29. The van der Waals surface area contributed by atoms with Crippen molar-refractivity contribution in [3.8, 4) is 5.75 Å². The number of rotatable bonds is 6. The first kappa shape index (κ1) is 19.1. The summed E-state index contributed by atoms with van der Waals surface area (Å²) >= 11 is 11.8. The molecule has 2 aromatic rings. The molecule has 0 aliphatic carbocycles. The van der Waals surface area contributed by atoms with Crippen molar-refractivity contribution in [2.24, 2.45) is 0 Å². The third-order valence-electron chi connectivity index (χ3n) is 3.51. The quantitative estimate of drug-likeness (QED) is 0.831. The fourth-order valence-electron chi connectivity index (χ4n) is 2.18. The zero-order valence-corrected chi connectivity index (χ0v) is 15.4. The third kappa shape index (κ3) is 5.66. The molecular weight excluding hydrogens is 363 g/mol. The molecule has 0 heterocycles. The van der Waals surface area contributed by atoms with Crippen molar-refractivity contribution >= 4 is 40.7 Å². The van der Waals surface area contributed by atoms with E-state index >= 15 is 0 Å². The van der Waals surface area contributed by atoms with Crippen LogP contribution in [-0.2, 0) is 16.0 Å². The van der Waals surface area contributed by atoms with Gasteiger partial charge in [0.25, 0.3) is 0 Å². The molecule has 0 atom stereocenters. The van der Waals surface area contributed by atoms with E-state index in [1.54, 1.807) is 49.5 Å². The van der Waals surface area contributed by atoms with Crippen molar-refractivity contribution in [1.82, 2.24) is 4.90 Å². The number of amides is 2. The van der Waals surface area contributed by atoms with Crippen LogP contribution in [0.15, 0.2) is 42.5 Å². The van der Waals surface area contributed by atoms with Crippen LogP contribution in [0.4, 0.5) is 5.69 Å². The molecule has 132 valence electrons. The van der Waals surface area contributed by atoms with Gasteiger partial charge in [-0.1, -0.05) is 35.3 Å². The number of nitrogens with zero attached hydrogens (tertiary/aromatic N) is 1. The number of hydrogen-bond donors (Lipinski definition) is 1. The Morgan fingerprint density at radius 3 is 2.36 bits per heavy atom. The number of hydrogen-bond acceptors (Lipinski definition) is 3. The Kier molecular flexibility index (Phi) is 6.67. The molecule has 0 aliphatic heterocycles. The minimum atomic E-state index is -0.340. The van der Waals surface area contributed by atoms with Crippen molar-refractivity contribution in [2.45, 2.75) is 6.42 Å². The molecule has 0 bridgehead atoms. The van der Waals surface area contributed by atoms with Crippen molar-refractivity contribution in [2.75, 3.05) is 26.0 Å². The van der Waals surface area contributed by atoms with Gasteiger partial charge in [0.1, 0.15) is 5.75 Å². The summed E-state index contributed by atoms with van der Waals surface area (Å²) in [4.78, 5) is 25.8. The van der Waals surface area contributed by atoms with Crippen LogP contribution in [0.3, 0.4) is 0 Å². The summed E-state index contributed by atoms with van der Waals surface area (Å²) in [6, 6.07) is 11.9. The number of methoxy groups -OCH3 is 1. The zero-order valence-electron chi connectivity index (χ0n) is 13.9. The van der Waals surface area contributed by atoms with Crippen molar-refractivity contribution in [3.05, 3.63) is 58.1 Å². The Bertz CT molecular complexity index is 763. The standard InChI is InChI=1S/C18H18Cl2N2O3/c1-22(18(24)9-12-3-5-13(19)6-4-12)11-17(23)21-15-10-14(20)7-8-16(15)25-2/h3-8,10H,9,11H2,1-2H3,(H,21,23). The summed E-state index contributed by atoms with van der Waals surface area (Å²) in [6.45, 7) is -0.0813. The number of ether oxygens (including phenoxy) is 1. The van der Waals surface area contributed by atoms with Crippen LogP contribution in [0.25, 0.3) is 0 Å². The summed E-state index contributed by atoms with van der Waals surface area (Å²) < 4.78 is 5.18. The van der Waals surface area contributed by atoms with E-state index in [-0.39, 0.29) is 24.8 Å². The van der Waals surface area contributed by atoms with Crippen LogP contribution in [-0.4, -0.2) is 37.4 Å². The average Bonchev–Trinajstić information content (AvgIpc) is 2.57. The topological polar surface area (TPSA) is 58.6 Å². The molecule has 25 heavy (non-hydrogen) atoms. The van der Waals surface area contributed by atoms with E-state index in [1.165, 1.54) is 12.0 Å². The lowest BCUT2D eigenvalue weighted by molar-refractivity contribution is -0.132. The van der Waals surface area contributed by atoms with Gasteiger partial charge in [0.05, 0.1) is 25.8 Å². The maximum Gasteiger partial charge on any atom is 0.244 e. The lowest BCUT2D eigenvalue weighted by Gasteiger charge is -2.17. The summed E-state index contributed by atoms with van der Waals surface area (Å²) in [5.74, 6) is -0.0176. The summed E-state index contributed by atoms with van der Waals surface area (Å²) in [6.07, 6.45) is 0.196. The predicted octanol–water partition coefficient (Wildman–Crippen LogP) is 3.64. The fraction of sp³-hybridized carbons (Fsp3) is 0.222. The van der Waals surface area contributed by atoms with E-state index in [0.717, 1.165) is 5.56 Å². The SMILES string of the molecule is COc1ccc(Cl)cc1NC(=O)CN(C)C(=O)Cc1ccc(Cl)cc1. The second-order valence-corrected chi connectivity index (χ2v) is 6.32. The van der Waals surface area contributed by atoms with Crippen molar-refractivity contribution < 1.29 is 14.3 Å². The molecule has 0 saturated heterocycles. The van der Waals surface area contributed by atoms with Crippen LogP contribution in [0.1, 0.15) is 5.56 Å². The Morgan fingerprint density at radius 1 is 1.08 bits per heavy atom. The van der Waals surface area contributed by atoms with E-state index in [0.29, 0.717) is 21.5 Å². The third-order valence-corrected chi connectivity index (χ3v) is 4.00. The number of carbonyl (C=O) groups is 2. The van der Waals surface area contributed by atoms with Crippen LogP contribution in [0.5, 0.6) is 5.75 Å². The smallest absolute Gasteiger partial charge is 0.244 e. The van der Waals surface area contributed by atoms with E-state index in [4.69, 9.17) is 27.9 Å². The maximum absolute atomic E-state index is 12.2. The number of carbonyl (C=O) groups excluding carboxylic acids is 2. The molecule has 2 amide bonds. The van der Waals surface area contributed by atoms with E-state index < -0.39 is 0 Å². The van der Waals surface area contributed by atoms with E-state index in [9.17, 15) is 9.59 Å². The van der Waals surface area contributed by atoms with Gasteiger partial charge < -0.3 is 15.0 Å². The molecule has 0 radical (unpaired) electrons. The molecular formula is C18H18Cl2N2O3. The van der Waals surface area contributed by atoms with Gasteiger partial charge in [0.2, 0.25) is 11.8 Å². The Balaban J connectivity index is 1.94. The van der Waals surface area contributed by atoms with Gasteiger partial charge in [-0.25, -0.2) is 0 Å². The Labute approximate surface area is 156 Å². The normalized spacial score (nSPS) is 10.2. The number of benzene rings is 2. The first-order chi connectivity index (χ1) is 11.9. The summed E-state index contributed by atoms with van der Waals surface area (Å²) in [5, 5.41) is 3.79. The molecule has 2 rings (SSSR count). The molecule has 7 heteroatoms. The number of halogens is 2. The highest BCUT2D eigenvalue weighted by molar-refractivity contribution is 6.31. The fourth-order valence-corrected chi connectivity index (χ4v) is 2.48. The van der Waals surface area contributed by atoms with E-state index in [2.05, 4.69) is 5.32 Å². The molecule has 0 fully saturated rings. The van der Waals surface area contributed by atoms with Gasteiger partial charge in [0.15, 0.2) is 0 Å². The van der Waals surface area contributed by atoms with Gasteiger partial charge in [-0.05, 0) is 35.9 Å². The molecule has 0 spiro atoms. The van der Waals surface area contributed by atoms with Gasteiger partial charge in [-0.15, -0.1) is 0 Å². The molecule has 0 saturated carbocycles. The predicted molar refractivity (Wildman–Crippen MR) is 99.4 cm³/mol. The first-order valence-electron chi connectivity index (χ1n) is 7.51. The van der Waals surface area contributed by atoms with Gasteiger partial charge in [-0.3, -0.25) is 9.59 Å². The second-order valence-electron chi connectivity index (χ2n) is 5.45. The van der Waals surface area contributed by atoms with E-state index in [1.807, 2.05) is 0 Å². The zero-order chi connectivity index (χ0) is 18.4. The number of anilines is 1. The summed E-state index contributed by atoms with van der Waals surface area (Å²) in [7, 11) is 3.08. The molecule has 2 aromatic carbocycles. The molecule has 0 aliphatic rings. The van der Waals surface area contributed by atoms with Crippen LogP contribution in [0.2, 0.25) is 10.0 Å².